The van der Waals surface area contributed by atoms with Crippen molar-refractivity contribution in [3.05, 3.63) is 0 Å². The minimum absolute atomic E-state index is 0.144. The fourth-order valence-corrected chi connectivity index (χ4v) is 7.62. The Balaban J connectivity index is 3.44. The van der Waals surface area contributed by atoms with Crippen LogP contribution in [0.25, 0.3) is 0 Å². The van der Waals surface area contributed by atoms with E-state index in [0.717, 1.165) is 57.8 Å². The molecule has 0 radical (unpaired) electrons. The summed E-state index contributed by atoms with van der Waals surface area (Å²) >= 11 is 0. The summed E-state index contributed by atoms with van der Waals surface area (Å²) < 4.78 is 32.7. The van der Waals surface area contributed by atoms with E-state index in [0.29, 0.717) is 77.0 Å². The molecule has 1 fully saturated rings. The highest BCUT2D eigenvalue weighted by Crippen LogP contribution is 2.39. The van der Waals surface area contributed by atoms with Gasteiger partial charge in [0.15, 0.2) is 16.2 Å². The topological polar surface area (TPSA) is 158 Å². The normalized spacial score (nSPS) is 19.4. The molecule has 1 aliphatic rings. The lowest BCUT2D eigenvalue weighted by molar-refractivity contribution is -0.175. The Kier molecular flexibility index (Phi) is 24.8. The van der Waals surface area contributed by atoms with Crippen LogP contribution in [0.2, 0.25) is 0 Å². The third kappa shape index (κ3) is 14.8. The maximum absolute atomic E-state index is 13.5. The van der Waals surface area contributed by atoms with Crippen LogP contribution in [0.5, 0.6) is 0 Å². The number of carbonyl (C=O) groups excluding carboxylic acids is 6. The number of rotatable bonds is 12. The second-order valence-electron chi connectivity index (χ2n) is 14.4. The first-order valence-electron chi connectivity index (χ1n) is 21.0. The van der Waals surface area contributed by atoms with Gasteiger partial charge in [-0.2, -0.15) is 0 Å². The lowest BCUT2D eigenvalue weighted by Crippen LogP contribution is -2.42. The van der Waals surface area contributed by atoms with Crippen molar-refractivity contribution in [3.63, 3.8) is 0 Å². The number of ether oxygens (including phenoxy) is 6. The lowest BCUT2D eigenvalue weighted by Gasteiger charge is -2.30. The van der Waals surface area contributed by atoms with Crippen LogP contribution in [0.15, 0.2) is 0 Å². The van der Waals surface area contributed by atoms with Crippen LogP contribution in [0, 0.1) is 16.2 Å². The molecule has 0 heterocycles. The van der Waals surface area contributed by atoms with Crippen LogP contribution in [-0.2, 0) is 57.2 Å². The van der Waals surface area contributed by atoms with Gasteiger partial charge in [-0.25, -0.2) is 0 Å². The summed E-state index contributed by atoms with van der Waals surface area (Å²) in [6.07, 6.45) is 12.2. The molecular formula is C42H72O12. The van der Waals surface area contributed by atoms with Gasteiger partial charge in [-0.3, -0.25) is 28.8 Å². The van der Waals surface area contributed by atoms with Gasteiger partial charge in [0.2, 0.25) is 0 Å². The average molecular weight is 769 g/mol. The summed E-state index contributed by atoms with van der Waals surface area (Å²) in [4.78, 5) is 80.7. The van der Waals surface area contributed by atoms with Crippen LogP contribution in [-0.4, -0.2) is 75.5 Å². The third-order valence-corrected chi connectivity index (χ3v) is 10.6. The van der Waals surface area contributed by atoms with Crippen LogP contribution < -0.4 is 0 Å². The highest BCUT2D eigenvalue weighted by molar-refractivity contribution is 6.01. The maximum Gasteiger partial charge on any atom is 0.323 e. The van der Waals surface area contributed by atoms with Crippen molar-refractivity contribution in [2.24, 2.45) is 16.2 Å². The van der Waals surface area contributed by atoms with Gasteiger partial charge in [-0.15, -0.1) is 0 Å². The smallest absolute Gasteiger partial charge is 0.323 e. The van der Waals surface area contributed by atoms with Crippen LogP contribution >= 0.6 is 0 Å². The van der Waals surface area contributed by atoms with E-state index in [1.807, 2.05) is 0 Å². The monoisotopic (exact) mass is 769 g/mol. The zero-order chi connectivity index (χ0) is 40.3. The van der Waals surface area contributed by atoms with Crippen molar-refractivity contribution in [2.45, 2.75) is 176 Å². The molecule has 0 aromatic carbocycles. The summed E-state index contributed by atoms with van der Waals surface area (Å²) in [5.74, 6) is -3.38. The molecule has 0 unspecified atom stereocenters. The quantitative estimate of drug-likeness (QED) is 0.106. The second-order valence-corrected chi connectivity index (χ2v) is 14.4. The van der Waals surface area contributed by atoms with E-state index in [-0.39, 0.29) is 39.6 Å². The molecule has 0 saturated heterocycles. The van der Waals surface area contributed by atoms with Crippen molar-refractivity contribution in [2.75, 3.05) is 39.6 Å². The van der Waals surface area contributed by atoms with E-state index >= 15 is 0 Å². The summed E-state index contributed by atoms with van der Waals surface area (Å²) in [5.41, 5.74) is -4.23. The van der Waals surface area contributed by atoms with Gasteiger partial charge in [0, 0.05) is 0 Å². The molecule has 1 saturated carbocycles. The molecule has 0 aromatic rings. The predicted octanol–water partition coefficient (Wildman–Crippen LogP) is 8.53. The molecule has 0 N–H and O–H groups in total. The first-order valence-corrected chi connectivity index (χ1v) is 21.0. The lowest BCUT2D eigenvalue weighted by atomic mass is 9.76. The highest BCUT2D eigenvalue weighted by Gasteiger charge is 2.50. The molecule has 0 bridgehead atoms. The minimum Gasteiger partial charge on any atom is -0.465 e. The molecule has 54 heavy (non-hydrogen) atoms. The SMILES string of the molecule is CCOC(=O)C1(C(=O)OCC)CCCCCCCC(C(=O)OCC)(C(=O)OCC)CCCCCCCC(C(=O)OCC)(C(=O)OCC)CCCCCCC1. The van der Waals surface area contributed by atoms with Crippen molar-refractivity contribution in [1.29, 1.82) is 0 Å². The molecule has 1 rings (SSSR count). The minimum atomic E-state index is -1.41. The van der Waals surface area contributed by atoms with Gasteiger partial charge >= 0.3 is 35.8 Å². The molecule has 0 aliphatic heterocycles. The Labute approximate surface area is 324 Å². The fourth-order valence-electron chi connectivity index (χ4n) is 7.62. The summed E-state index contributed by atoms with van der Waals surface area (Å²) in [7, 11) is 0. The van der Waals surface area contributed by atoms with Gasteiger partial charge in [-0.1, -0.05) is 96.3 Å². The molecule has 1 aliphatic carbocycles. The second kappa shape index (κ2) is 27.4. The first-order chi connectivity index (χ1) is 26.0. The third-order valence-electron chi connectivity index (χ3n) is 10.6. The van der Waals surface area contributed by atoms with Gasteiger partial charge in [0.05, 0.1) is 39.6 Å². The van der Waals surface area contributed by atoms with E-state index in [1.54, 1.807) is 41.5 Å². The fraction of sp³-hybridized carbons (Fsp3) is 0.857. The molecule has 12 heteroatoms. The van der Waals surface area contributed by atoms with Gasteiger partial charge < -0.3 is 28.4 Å². The van der Waals surface area contributed by atoms with Crippen LogP contribution in [0.1, 0.15) is 176 Å². The van der Waals surface area contributed by atoms with Gasteiger partial charge in [-0.05, 0) is 80.1 Å². The van der Waals surface area contributed by atoms with Gasteiger partial charge in [0.25, 0.3) is 0 Å². The van der Waals surface area contributed by atoms with Crippen LogP contribution in [0.4, 0.5) is 0 Å². The molecule has 12 nitrogen and oxygen atoms in total. The number of hydrogen-bond acceptors (Lipinski definition) is 12. The number of esters is 6. The molecule has 312 valence electrons. The van der Waals surface area contributed by atoms with E-state index in [4.69, 9.17) is 28.4 Å². The molecule has 0 atom stereocenters. The van der Waals surface area contributed by atoms with Crippen molar-refractivity contribution >= 4 is 35.8 Å². The van der Waals surface area contributed by atoms with E-state index < -0.39 is 52.1 Å². The summed E-state index contributed by atoms with van der Waals surface area (Å²) in [6.45, 7) is 11.2. The zero-order valence-corrected chi connectivity index (χ0v) is 34.5. The largest absolute Gasteiger partial charge is 0.465 e. The van der Waals surface area contributed by atoms with Crippen molar-refractivity contribution in [3.8, 4) is 0 Å². The first kappa shape index (κ1) is 48.8. The van der Waals surface area contributed by atoms with E-state index in [9.17, 15) is 28.8 Å². The van der Waals surface area contributed by atoms with Crippen LogP contribution in [0.3, 0.4) is 0 Å². The molecule has 0 spiro atoms. The average Bonchev–Trinajstić information content (AvgIpc) is 3.14. The zero-order valence-electron chi connectivity index (χ0n) is 34.5. The standard InChI is InChI=1S/C42H72O12/c1-7-49-34(43)40(35(44)50-8-2)28-22-16-13-18-24-30-41(36(45)51-9-3,37(46)52-10-4)32-26-20-15-21-27-33-42(38(47)53-11-5,39(48)54-12-6)31-25-19-14-17-23-29-40/h7-33H2,1-6H3. The Bertz CT molecular complexity index is 910. The van der Waals surface area contributed by atoms with E-state index in [2.05, 4.69) is 0 Å². The molecule has 0 aromatic heterocycles. The summed E-state index contributed by atoms with van der Waals surface area (Å²) in [6, 6.07) is 0. The Hall–Kier alpha value is -3.18. The summed E-state index contributed by atoms with van der Waals surface area (Å²) in [5, 5.41) is 0. The number of hydrogen-bond donors (Lipinski definition) is 0. The Morgan fingerprint density at radius 3 is 0.537 bits per heavy atom. The predicted molar refractivity (Wildman–Crippen MR) is 204 cm³/mol. The maximum atomic E-state index is 13.5. The molecular weight excluding hydrogens is 696 g/mol. The van der Waals surface area contributed by atoms with Gasteiger partial charge in [0.1, 0.15) is 0 Å². The highest BCUT2D eigenvalue weighted by atomic mass is 16.6. The Morgan fingerprint density at radius 2 is 0.407 bits per heavy atom. The van der Waals surface area contributed by atoms with Crippen molar-refractivity contribution < 1.29 is 57.2 Å². The molecule has 0 amide bonds. The Morgan fingerprint density at radius 1 is 0.278 bits per heavy atom. The van der Waals surface area contributed by atoms with Crippen molar-refractivity contribution in [1.82, 2.24) is 0 Å². The number of carbonyl (C=O) groups is 6. The van der Waals surface area contributed by atoms with E-state index in [1.165, 1.54) is 0 Å².